The lowest BCUT2D eigenvalue weighted by molar-refractivity contribution is -0.0575. The van der Waals surface area contributed by atoms with Crippen LogP contribution in [0, 0.1) is 0 Å². The van der Waals surface area contributed by atoms with Crippen LogP contribution in [0.15, 0.2) is 30.3 Å². The Bertz CT molecular complexity index is 365. The molecule has 1 aromatic carbocycles. The van der Waals surface area contributed by atoms with E-state index in [1.165, 1.54) is 0 Å². The Balaban J connectivity index is 1.75. The van der Waals surface area contributed by atoms with Gasteiger partial charge in [-0.1, -0.05) is 18.2 Å². The van der Waals surface area contributed by atoms with Crippen LogP contribution in [0.1, 0.15) is 19.8 Å². The van der Waals surface area contributed by atoms with Gasteiger partial charge < -0.3 is 19.5 Å². The maximum Gasteiger partial charge on any atom is 0.0948 e. The number of rotatable bonds is 7. The van der Waals surface area contributed by atoms with Crippen LogP contribution in [0.3, 0.4) is 0 Å². The molecule has 0 saturated carbocycles. The maximum absolute atomic E-state index is 10.1. The number of benzene rings is 1. The van der Waals surface area contributed by atoms with Gasteiger partial charge in [0, 0.05) is 32.0 Å². The lowest BCUT2D eigenvalue weighted by Gasteiger charge is -2.28. The van der Waals surface area contributed by atoms with Crippen LogP contribution in [0.25, 0.3) is 0 Å². The summed E-state index contributed by atoms with van der Waals surface area (Å²) in [7, 11) is 0. The number of hydrogen-bond donors (Lipinski definition) is 1. The minimum atomic E-state index is -0.460. The highest BCUT2D eigenvalue weighted by atomic mass is 16.5. The summed E-state index contributed by atoms with van der Waals surface area (Å²) in [6.07, 6.45) is 1.65. The first-order chi connectivity index (χ1) is 9.79. The van der Waals surface area contributed by atoms with Gasteiger partial charge in [-0.25, -0.2) is 0 Å². The predicted molar refractivity (Wildman–Crippen MR) is 80.1 cm³/mol. The summed E-state index contributed by atoms with van der Waals surface area (Å²) in [5.41, 5.74) is 1.14. The van der Waals surface area contributed by atoms with Crippen molar-refractivity contribution >= 4 is 5.69 Å². The number of hydrogen-bond acceptors (Lipinski definition) is 4. The van der Waals surface area contributed by atoms with E-state index in [1.54, 1.807) is 0 Å². The van der Waals surface area contributed by atoms with E-state index in [0.29, 0.717) is 13.2 Å². The van der Waals surface area contributed by atoms with Crippen molar-refractivity contribution in [2.24, 2.45) is 0 Å². The molecule has 0 amide bonds. The zero-order chi connectivity index (χ0) is 14.2. The van der Waals surface area contributed by atoms with E-state index >= 15 is 0 Å². The third-order valence-electron chi connectivity index (χ3n) is 3.63. The second-order valence-electron chi connectivity index (χ2n) is 5.17. The van der Waals surface area contributed by atoms with Crippen molar-refractivity contribution in [1.82, 2.24) is 0 Å². The van der Waals surface area contributed by atoms with E-state index in [0.717, 1.165) is 38.3 Å². The number of likely N-dealkylation sites (N-methyl/N-ethyl adjacent to an activating group) is 1. The molecule has 1 atom stereocenters. The molecular weight excluding hydrogens is 254 g/mol. The van der Waals surface area contributed by atoms with Crippen LogP contribution in [0.2, 0.25) is 0 Å². The van der Waals surface area contributed by atoms with Crippen LogP contribution in [-0.2, 0) is 9.47 Å². The van der Waals surface area contributed by atoms with Crippen molar-refractivity contribution in [2.45, 2.75) is 32.0 Å². The molecule has 0 spiro atoms. The zero-order valence-electron chi connectivity index (χ0n) is 12.2. The van der Waals surface area contributed by atoms with E-state index in [2.05, 4.69) is 24.0 Å². The van der Waals surface area contributed by atoms with Crippen LogP contribution < -0.4 is 4.90 Å². The number of aliphatic hydroxyl groups excluding tert-OH is 1. The minimum absolute atomic E-state index is 0.241. The molecule has 1 N–H and O–H groups in total. The number of aliphatic hydroxyl groups is 1. The van der Waals surface area contributed by atoms with Gasteiger partial charge >= 0.3 is 0 Å². The fourth-order valence-corrected chi connectivity index (χ4v) is 2.45. The van der Waals surface area contributed by atoms with Crippen molar-refractivity contribution in [3.8, 4) is 0 Å². The summed E-state index contributed by atoms with van der Waals surface area (Å²) >= 11 is 0. The molecule has 1 aliphatic heterocycles. The van der Waals surface area contributed by atoms with E-state index in [9.17, 15) is 5.11 Å². The lowest BCUT2D eigenvalue weighted by atomic mass is 10.1. The minimum Gasteiger partial charge on any atom is -0.389 e. The Morgan fingerprint density at radius 1 is 1.30 bits per heavy atom. The summed E-state index contributed by atoms with van der Waals surface area (Å²) in [5.74, 6) is 0. The van der Waals surface area contributed by atoms with Gasteiger partial charge in [-0.05, 0) is 31.9 Å². The number of nitrogens with zero attached hydrogens (tertiary/aromatic N) is 1. The zero-order valence-corrected chi connectivity index (χ0v) is 12.2. The predicted octanol–water partition coefficient (Wildman–Crippen LogP) is 2.07. The molecule has 1 saturated heterocycles. The standard InChI is InChI=1S/C16H25NO3/c1-2-17(14-6-4-3-5-7-14)12-15(18)13-20-16-8-10-19-11-9-16/h3-7,15-16,18H,2,8-13H2,1H3. The van der Waals surface area contributed by atoms with Gasteiger partial charge in [-0.15, -0.1) is 0 Å². The van der Waals surface area contributed by atoms with Gasteiger partial charge in [-0.2, -0.15) is 0 Å². The molecule has 1 fully saturated rings. The SMILES string of the molecule is CCN(CC(O)COC1CCOCC1)c1ccccc1. The molecule has 1 heterocycles. The molecule has 0 aliphatic carbocycles. The van der Waals surface area contributed by atoms with Crippen molar-refractivity contribution in [1.29, 1.82) is 0 Å². The first-order valence-electron chi connectivity index (χ1n) is 7.47. The molecular formula is C16H25NO3. The molecule has 20 heavy (non-hydrogen) atoms. The lowest BCUT2D eigenvalue weighted by Crippen LogP contribution is -2.36. The third-order valence-corrected chi connectivity index (χ3v) is 3.63. The van der Waals surface area contributed by atoms with Gasteiger partial charge in [0.05, 0.1) is 18.8 Å². The van der Waals surface area contributed by atoms with E-state index in [4.69, 9.17) is 9.47 Å². The molecule has 112 valence electrons. The van der Waals surface area contributed by atoms with Gasteiger partial charge in [0.25, 0.3) is 0 Å². The van der Waals surface area contributed by atoms with Crippen LogP contribution >= 0.6 is 0 Å². The molecule has 0 aromatic heterocycles. The van der Waals surface area contributed by atoms with Crippen molar-refractivity contribution in [3.05, 3.63) is 30.3 Å². The van der Waals surface area contributed by atoms with Gasteiger partial charge in [0.15, 0.2) is 0 Å². The summed E-state index contributed by atoms with van der Waals surface area (Å²) < 4.78 is 11.1. The Hall–Kier alpha value is -1.10. The maximum atomic E-state index is 10.1. The summed E-state index contributed by atoms with van der Waals surface area (Å²) in [6, 6.07) is 10.2. The van der Waals surface area contributed by atoms with Crippen LogP contribution in [0.5, 0.6) is 0 Å². The fraction of sp³-hybridized carbons (Fsp3) is 0.625. The molecule has 4 heteroatoms. The largest absolute Gasteiger partial charge is 0.389 e. The second-order valence-corrected chi connectivity index (χ2v) is 5.17. The molecule has 1 unspecified atom stereocenters. The summed E-state index contributed by atoms with van der Waals surface area (Å²) in [4.78, 5) is 2.16. The normalized spacial score (nSPS) is 17.9. The summed E-state index contributed by atoms with van der Waals surface area (Å²) in [6.45, 7) is 5.51. The Morgan fingerprint density at radius 2 is 2.00 bits per heavy atom. The summed E-state index contributed by atoms with van der Waals surface area (Å²) in [5, 5.41) is 10.1. The number of ether oxygens (including phenoxy) is 2. The molecule has 1 aromatic rings. The van der Waals surface area contributed by atoms with Gasteiger partial charge in [0.1, 0.15) is 0 Å². The molecule has 0 bridgehead atoms. The Labute approximate surface area is 121 Å². The average Bonchev–Trinajstić information content (AvgIpc) is 2.52. The molecule has 4 nitrogen and oxygen atoms in total. The van der Waals surface area contributed by atoms with Crippen molar-refractivity contribution in [3.63, 3.8) is 0 Å². The number of anilines is 1. The van der Waals surface area contributed by atoms with E-state index in [-0.39, 0.29) is 6.10 Å². The van der Waals surface area contributed by atoms with Crippen molar-refractivity contribution in [2.75, 3.05) is 37.8 Å². The second kappa shape index (κ2) is 8.25. The average molecular weight is 279 g/mol. The first-order valence-corrected chi connectivity index (χ1v) is 7.47. The van der Waals surface area contributed by atoms with Crippen LogP contribution in [0.4, 0.5) is 5.69 Å². The van der Waals surface area contributed by atoms with E-state index in [1.807, 2.05) is 18.2 Å². The number of para-hydroxylation sites is 1. The molecule has 2 rings (SSSR count). The quantitative estimate of drug-likeness (QED) is 0.829. The highest BCUT2D eigenvalue weighted by molar-refractivity contribution is 5.45. The topological polar surface area (TPSA) is 41.9 Å². The molecule has 1 aliphatic rings. The van der Waals surface area contributed by atoms with Crippen molar-refractivity contribution < 1.29 is 14.6 Å². The molecule has 0 radical (unpaired) electrons. The van der Waals surface area contributed by atoms with E-state index < -0.39 is 6.10 Å². The third kappa shape index (κ3) is 4.78. The highest BCUT2D eigenvalue weighted by Gasteiger charge is 2.17. The van der Waals surface area contributed by atoms with Crippen LogP contribution in [-0.4, -0.2) is 50.2 Å². The first kappa shape index (κ1) is 15.3. The Kier molecular flexibility index (Phi) is 6.30. The fourth-order valence-electron chi connectivity index (χ4n) is 2.45. The smallest absolute Gasteiger partial charge is 0.0948 e. The van der Waals surface area contributed by atoms with Gasteiger partial charge in [0.2, 0.25) is 0 Å². The van der Waals surface area contributed by atoms with Gasteiger partial charge in [-0.3, -0.25) is 0 Å². The monoisotopic (exact) mass is 279 g/mol. The Morgan fingerprint density at radius 3 is 2.65 bits per heavy atom. The highest BCUT2D eigenvalue weighted by Crippen LogP contribution is 2.14.